The highest BCUT2D eigenvalue weighted by molar-refractivity contribution is 5.98. The van der Waals surface area contributed by atoms with Gasteiger partial charge < -0.3 is 25.0 Å². The monoisotopic (exact) mass is 513 g/mol. The first-order chi connectivity index (χ1) is 18.3. The molecule has 3 atom stereocenters. The number of hydrogen-bond acceptors (Lipinski definition) is 6. The molecule has 0 bridgehead atoms. The first-order valence-electron chi connectivity index (χ1n) is 12.5. The van der Waals surface area contributed by atoms with E-state index in [0.29, 0.717) is 23.4 Å². The molecule has 0 spiro atoms. The molecule has 3 amide bonds. The summed E-state index contributed by atoms with van der Waals surface area (Å²) in [6, 6.07) is 19.3. The van der Waals surface area contributed by atoms with E-state index >= 15 is 0 Å². The molecule has 2 aromatic carbocycles. The highest BCUT2D eigenvalue weighted by Gasteiger charge is 2.34. The Labute approximate surface area is 222 Å². The van der Waals surface area contributed by atoms with Crippen LogP contribution in [0.4, 0.5) is 10.5 Å². The van der Waals surface area contributed by atoms with Crippen LogP contribution in [0.15, 0.2) is 66.9 Å². The van der Waals surface area contributed by atoms with E-state index in [9.17, 15) is 14.7 Å². The maximum atomic E-state index is 13.6. The van der Waals surface area contributed by atoms with Crippen LogP contribution >= 0.6 is 0 Å². The van der Waals surface area contributed by atoms with Crippen LogP contribution in [0.5, 0.6) is 5.88 Å². The number of aliphatic hydroxyl groups excluding tert-OH is 1. The average molecular weight is 514 g/mol. The normalized spacial score (nSPS) is 17.8. The molecule has 2 N–H and O–H groups in total. The molecule has 9 heteroatoms. The van der Waals surface area contributed by atoms with Crippen molar-refractivity contribution in [2.75, 3.05) is 32.1 Å². The van der Waals surface area contributed by atoms with Gasteiger partial charge in [-0.05, 0) is 42.8 Å². The number of pyridine rings is 1. The fourth-order valence-electron chi connectivity index (χ4n) is 4.31. The van der Waals surface area contributed by atoms with Crippen molar-refractivity contribution in [1.29, 1.82) is 5.26 Å². The Morgan fingerprint density at radius 1 is 1.24 bits per heavy atom. The van der Waals surface area contributed by atoms with Gasteiger partial charge in [-0.1, -0.05) is 37.3 Å². The van der Waals surface area contributed by atoms with E-state index in [2.05, 4.69) is 16.4 Å². The summed E-state index contributed by atoms with van der Waals surface area (Å²) in [7, 11) is 1.69. The van der Waals surface area contributed by atoms with Crippen molar-refractivity contribution in [2.24, 2.45) is 5.92 Å². The van der Waals surface area contributed by atoms with Crippen molar-refractivity contribution < 1.29 is 19.4 Å². The molecule has 38 heavy (non-hydrogen) atoms. The number of rotatable bonds is 6. The third-order valence-corrected chi connectivity index (χ3v) is 6.69. The van der Waals surface area contributed by atoms with Crippen molar-refractivity contribution in [3.8, 4) is 23.1 Å². The minimum absolute atomic E-state index is 0.159. The molecule has 196 valence electrons. The number of urea groups is 1. The van der Waals surface area contributed by atoms with Gasteiger partial charge in [0.1, 0.15) is 11.7 Å². The third-order valence-electron chi connectivity index (χ3n) is 6.69. The molecule has 2 heterocycles. The second-order valence-electron chi connectivity index (χ2n) is 9.57. The van der Waals surface area contributed by atoms with Gasteiger partial charge in [0, 0.05) is 37.0 Å². The maximum absolute atomic E-state index is 13.6. The van der Waals surface area contributed by atoms with Crippen LogP contribution in [0, 0.1) is 17.2 Å². The smallest absolute Gasteiger partial charge is 0.321 e. The van der Waals surface area contributed by atoms with E-state index < -0.39 is 12.1 Å². The van der Waals surface area contributed by atoms with E-state index in [0.717, 1.165) is 5.56 Å². The second-order valence-corrected chi connectivity index (χ2v) is 9.57. The Balaban J connectivity index is 1.63. The Hall–Kier alpha value is -4.42. The van der Waals surface area contributed by atoms with Crippen LogP contribution < -0.4 is 10.1 Å². The molecule has 4 rings (SSSR count). The van der Waals surface area contributed by atoms with Gasteiger partial charge >= 0.3 is 6.03 Å². The quantitative estimate of drug-likeness (QED) is 0.514. The van der Waals surface area contributed by atoms with E-state index in [4.69, 9.17) is 10.00 Å². The molecule has 0 saturated carbocycles. The molecule has 3 aromatic rings. The van der Waals surface area contributed by atoms with Crippen LogP contribution in [0.25, 0.3) is 11.1 Å². The number of aromatic nitrogens is 1. The number of carbonyl (C=O) groups excluding carboxylic acids is 2. The lowest BCUT2D eigenvalue weighted by atomic mass is 9.99. The van der Waals surface area contributed by atoms with Crippen molar-refractivity contribution in [2.45, 2.75) is 26.0 Å². The summed E-state index contributed by atoms with van der Waals surface area (Å²) in [5, 5.41) is 21.8. The number of para-hydroxylation sites is 1. The zero-order chi connectivity index (χ0) is 27.2. The molecule has 1 aliphatic rings. The molecule has 0 fully saturated rings. The largest absolute Gasteiger partial charge is 0.472 e. The van der Waals surface area contributed by atoms with Gasteiger partial charge in [0.05, 0.1) is 30.8 Å². The highest BCUT2D eigenvalue weighted by Crippen LogP contribution is 2.30. The summed E-state index contributed by atoms with van der Waals surface area (Å²) in [6.07, 6.45) is 1.16. The number of hydrogen-bond donors (Lipinski definition) is 2. The predicted molar refractivity (Wildman–Crippen MR) is 144 cm³/mol. The highest BCUT2D eigenvalue weighted by atomic mass is 16.5. The standard InChI is InChI=1S/C29H31N5O4/c1-19-16-34(20(2)18-35)28(36)25-13-23(22-11-9-21(14-30)10-12-22)15-31-27(25)38-26(19)17-33(3)29(37)32-24-7-5-4-6-8-24/h4-13,15,19-20,26,35H,16-18H2,1-3H3,(H,32,37)/t19-,20+,26+/m1/s1. The Morgan fingerprint density at radius 2 is 1.95 bits per heavy atom. The first kappa shape index (κ1) is 26.6. The minimum atomic E-state index is -0.463. The van der Waals surface area contributed by atoms with Gasteiger partial charge in [-0.25, -0.2) is 9.78 Å². The number of nitrogens with one attached hydrogen (secondary N) is 1. The second kappa shape index (κ2) is 11.8. The number of benzene rings is 2. The minimum Gasteiger partial charge on any atom is -0.472 e. The van der Waals surface area contributed by atoms with Crippen LogP contribution in [-0.4, -0.2) is 70.7 Å². The Kier molecular flexibility index (Phi) is 8.24. The van der Waals surface area contributed by atoms with Crippen molar-refractivity contribution in [3.63, 3.8) is 0 Å². The number of anilines is 1. The van der Waals surface area contributed by atoms with E-state index in [1.54, 1.807) is 60.3 Å². The summed E-state index contributed by atoms with van der Waals surface area (Å²) in [4.78, 5) is 34.1. The topological polar surface area (TPSA) is 119 Å². The third kappa shape index (κ3) is 5.93. The summed E-state index contributed by atoms with van der Waals surface area (Å²) >= 11 is 0. The molecule has 1 aliphatic heterocycles. The number of aliphatic hydroxyl groups is 1. The number of amides is 3. The number of ether oxygens (including phenoxy) is 1. The molecule has 0 aliphatic carbocycles. The molecule has 0 unspecified atom stereocenters. The van der Waals surface area contributed by atoms with E-state index in [-0.39, 0.29) is 42.5 Å². The average Bonchev–Trinajstić information content (AvgIpc) is 2.94. The van der Waals surface area contributed by atoms with Gasteiger partial charge in [0.15, 0.2) is 0 Å². The summed E-state index contributed by atoms with van der Waals surface area (Å²) < 4.78 is 6.29. The number of carbonyl (C=O) groups is 2. The molecular weight excluding hydrogens is 482 g/mol. The van der Waals surface area contributed by atoms with Gasteiger partial charge in [0.25, 0.3) is 5.91 Å². The summed E-state index contributed by atoms with van der Waals surface area (Å²) in [5.74, 6) is -0.269. The van der Waals surface area contributed by atoms with Crippen molar-refractivity contribution >= 4 is 17.6 Å². The van der Waals surface area contributed by atoms with Gasteiger partial charge in [-0.3, -0.25) is 4.79 Å². The Morgan fingerprint density at radius 3 is 2.61 bits per heavy atom. The van der Waals surface area contributed by atoms with Crippen LogP contribution in [0.2, 0.25) is 0 Å². The maximum Gasteiger partial charge on any atom is 0.321 e. The van der Waals surface area contributed by atoms with E-state index in [1.165, 1.54) is 0 Å². The lowest BCUT2D eigenvalue weighted by Crippen LogP contribution is -2.50. The van der Waals surface area contributed by atoms with E-state index in [1.807, 2.05) is 37.3 Å². The predicted octanol–water partition coefficient (Wildman–Crippen LogP) is 4.00. The number of nitrogens with zero attached hydrogens (tertiary/aromatic N) is 4. The Bertz CT molecular complexity index is 1320. The number of nitriles is 1. The van der Waals surface area contributed by atoms with Gasteiger partial charge in [0.2, 0.25) is 5.88 Å². The van der Waals surface area contributed by atoms with Crippen molar-refractivity contribution in [1.82, 2.24) is 14.8 Å². The molecule has 1 aromatic heterocycles. The molecule has 9 nitrogen and oxygen atoms in total. The lowest BCUT2D eigenvalue weighted by molar-refractivity contribution is 0.0356. The number of fused-ring (bicyclic) bond motifs is 1. The molecular formula is C29H31N5O4. The fraction of sp³-hybridized carbons (Fsp3) is 0.310. The number of likely N-dealkylation sites (N-methyl/N-ethyl adjacent to an activating group) is 1. The molecule has 0 saturated heterocycles. The SMILES string of the molecule is C[C@@H]1CN([C@@H](C)CO)C(=O)c2cc(-c3ccc(C#N)cc3)cnc2O[C@H]1CN(C)C(=O)Nc1ccccc1. The molecule has 0 radical (unpaired) electrons. The first-order valence-corrected chi connectivity index (χ1v) is 12.5. The fourth-order valence-corrected chi connectivity index (χ4v) is 4.31. The van der Waals surface area contributed by atoms with Crippen LogP contribution in [-0.2, 0) is 0 Å². The van der Waals surface area contributed by atoms with Gasteiger partial charge in [-0.2, -0.15) is 5.26 Å². The zero-order valence-corrected chi connectivity index (χ0v) is 21.7. The van der Waals surface area contributed by atoms with Crippen molar-refractivity contribution in [3.05, 3.63) is 78.0 Å². The van der Waals surface area contributed by atoms with Crippen LogP contribution in [0.1, 0.15) is 29.8 Å². The summed E-state index contributed by atoms with van der Waals surface area (Å²) in [6.45, 7) is 4.14. The van der Waals surface area contributed by atoms with Crippen LogP contribution in [0.3, 0.4) is 0 Å². The lowest BCUT2D eigenvalue weighted by Gasteiger charge is -2.37. The zero-order valence-electron chi connectivity index (χ0n) is 21.7. The van der Waals surface area contributed by atoms with Gasteiger partial charge in [-0.15, -0.1) is 0 Å². The summed E-state index contributed by atoms with van der Waals surface area (Å²) in [5.41, 5.74) is 3.00.